The Morgan fingerprint density at radius 2 is 1.60 bits per heavy atom. The van der Waals surface area contributed by atoms with E-state index in [9.17, 15) is 26.7 Å². The third-order valence-electron chi connectivity index (χ3n) is 6.14. The number of benzene rings is 3. The van der Waals surface area contributed by atoms with Crippen LogP contribution in [-0.2, 0) is 12.0 Å². The van der Waals surface area contributed by atoms with Gasteiger partial charge < -0.3 is 20.1 Å². The lowest BCUT2D eigenvalue weighted by atomic mass is 9.80. The lowest BCUT2D eigenvalue weighted by molar-refractivity contribution is -0.391. The van der Waals surface area contributed by atoms with Gasteiger partial charge in [-0.1, -0.05) is 54.1 Å². The van der Waals surface area contributed by atoms with E-state index in [0.717, 1.165) is 18.2 Å². The average molecular weight is 576 g/mol. The topological polar surface area (TPSA) is 72.5 Å². The van der Waals surface area contributed by atoms with Crippen LogP contribution in [0.15, 0.2) is 91.1 Å². The van der Waals surface area contributed by atoms with Crippen LogP contribution in [0.2, 0.25) is 5.02 Å². The quantitative estimate of drug-likeness (QED) is 0.240. The number of aromatic nitrogens is 1. The van der Waals surface area contributed by atoms with Crippen LogP contribution < -0.4 is 20.1 Å². The van der Waals surface area contributed by atoms with Crippen LogP contribution in [0.25, 0.3) is 0 Å². The third-order valence-corrected chi connectivity index (χ3v) is 6.36. The van der Waals surface area contributed by atoms with E-state index in [1.807, 2.05) is 0 Å². The first-order valence-electron chi connectivity index (χ1n) is 11.8. The predicted molar refractivity (Wildman–Crippen MR) is 136 cm³/mol. The summed E-state index contributed by atoms with van der Waals surface area (Å²) in [6.45, 7) is 0. The lowest BCUT2D eigenvalue weighted by Crippen LogP contribution is -2.52. The van der Waals surface area contributed by atoms with E-state index in [-0.39, 0.29) is 28.4 Å². The molecule has 0 spiro atoms. The molecule has 2 N–H and O–H groups in total. The number of fused-ring (bicyclic) bond motifs is 1. The summed E-state index contributed by atoms with van der Waals surface area (Å²) in [6.07, 6.45) is -8.51. The molecular formula is C28H19ClF5N3O3. The minimum absolute atomic E-state index is 0.0191. The Kier molecular flexibility index (Phi) is 7.01. The highest BCUT2D eigenvalue weighted by Crippen LogP contribution is 2.48. The molecule has 5 rings (SSSR count). The molecule has 0 bridgehead atoms. The zero-order chi connectivity index (χ0) is 28.5. The number of amides is 2. The molecule has 40 heavy (non-hydrogen) atoms. The van der Waals surface area contributed by atoms with Gasteiger partial charge >= 0.3 is 18.2 Å². The molecule has 206 valence electrons. The lowest BCUT2D eigenvalue weighted by Gasteiger charge is -2.37. The number of halogens is 6. The minimum atomic E-state index is -4.96. The standard InChI is InChI=1S/C28H19ClF5N3O3/c29-19-10-12-24(35-16-19)26(15-17-5-2-1-3-6-17,37-25(38)36-21-8-4-7-20(30)14-21)18-9-11-22-23(13-18)40-28(33,34)27(31,32)39-22/h1-14,16H,15H2,(H2,36,37,38)/t26-/m1/s1. The molecule has 0 unspecified atom stereocenters. The molecule has 0 fully saturated rings. The van der Waals surface area contributed by atoms with Crippen molar-refractivity contribution >= 4 is 23.3 Å². The van der Waals surface area contributed by atoms with Gasteiger partial charge in [-0.2, -0.15) is 17.6 Å². The summed E-state index contributed by atoms with van der Waals surface area (Å²) >= 11 is 6.06. The molecule has 0 saturated heterocycles. The van der Waals surface area contributed by atoms with Gasteiger partial charge in [-0.25, -0.2) is 9.18 Å². The fourth-order valence-corrected chi connectivity index (χ4v) is 4.42. The number of nitrogens with one attached hydrogen (secondary N) is 2. The van der Waals surface area contributed by atoms with Gasteiger partial charge in [0, 0.05) is 18.3 Å². The largest absolute Gasteiger partial charge is 0.507 e. The Morgan fingerprint density at radius 3 is 2.27 bits per heavy atom. The average Bonchev–Trinajstić information content (AvgIpc) is 2.89. The molecule has 1 aliphatic rings. The molecule has 0 saturated carbocycles. The van der Waals surface area contributed by atoms with Gasteiger partial charge in [0.1, 0.15) is 11.4 Å². The molecule has 12 heteroatoms. The Morgan fingerprint density at radius 1 is 0.875 bits per heavy atom. The van der Waals surface area contributed by atoms with Gasteiger partial charge in [0.25, 0.3) is 0 Å². The summed E-state index contributed by atoms with van der Waals surface area (Å²) in [4.78, 5) is 17.7. The number of pyridine rings is 1. The maximum Gasteiger partial charge on any atom is 0.507 e. The number of carbonyl (C=O) groups excluding carboxylic acids is 1. The second kappa shape index (κ2) is 10.3. The van der Waals surface area contributed by atoms with Crippen LogP contribution in [0.4, 0.5) is 32.4 Å². The van der Waals surface area contributed by atoms with Crippen LogP contribution in [0.3, 0.4) is 0 Å². The zero-order valence-corrected chi connectivity index (χ0v) is 21.1. The SMILES string of the molecule is O=C(Nc1cccc(F)c1)N[C@](Cc1ccccc1)(c1ccc2c(c1)OC(F)(F)C(F)(F)O2)c1ccc(Cl)cn1. The fraction of sp³-hybridized carbons (Fsp3) is 0.143. The number of nitrogens with zero attached hydrogens (tertiary/aromatic N) is 1. The van der Waals surface area contributed by atoms with Crippen molar-refractivity contribution < 1.29 is 36.2 Å². The van der Waals surface area contributed by atoms with Crippen LogP contribution in [0.5, 0.6) is 11.5 Å². The molecule has 6 nitrogen and oxygen atoms in total. The Labute approximate surface area is 229 Å². The molecular weight excluding hydrogens is 557 g/mol. The van der Waals surface area contributed by atoms with Crippen LogP contribution >= 0.6 is 11.6 Å². The first kappa shape index (κ1) is 27.2. The van der Waals surface area contributed by atoms with Crippen molar-refractivity contribution in [3.05, 3.63) is 119 Å². The number of carbonyl (C=O) groups is 1. The number of urea groups is 1. The van der Waals surface area contributed by atoms with E-state index in [0.29, 0.717) is 5.56 Å². The van der Waals surface area contributed by atoms with E-state index in [1.165, 1.54) is 42.6 Å². The second-order valence-corrected chi connectivity index (χ2v) is 9.35. The number of hydrogen-bond acceptors (Lipinski definition) is 4. The number of alkyl halides is 4. The Balaban J connectivity index is 1.65. The number of ether oxygens (including phenoxy) is 2. The van der Waals surface area contributed by atoms with Crippen molar-refractivity contribution in [2.24, 2.45) is 0 Å². The Bertz CT molecular complexity index is 1540. The second-order valence-electron chi connectivity index (χ2n) is 8.92. The Hall–Kier alpha value is -4.38. The van der Waals surface area contributed by atoms with Crippen molar-refractivity contribution in [2.45, 2.75) is 24.2 Å². The molecule has 2 heterocycles. The van der Waals surface area contributed by atoms with E-state index < -0.39 is 41.1 Å². The highest BCUT2D eigenvalue weighted by Gasteiger charge is 2.66. The van der Waals surface area contributed by atoms with Crippen molar-refractivity contribution in [1.29, 1.82) is 0 Å². The highest BCUT2D eigenvalue weighted by molar-refractivity contribution is 6.30. The number of anilines is 1. The molecule has 0 radical (unpaired) electrons. The van der Waals surface area contributed by atoms with Gasteiger partial charge in [-0.3, -0.25) is 4.98 Å². The molecule has 4 aromatic rings. The van der Waals surface area contributed by atoms with E-state index in [2.05, 4.69) is 25.1 Å². The van der Waals surface area contributed by atoms with Crippen molar-refractivity contribution in [3.8, 4) is 11.5 Å². The summed E-state index contributed by atoms with van der Waals surface area (Å²) in [7, 11) is 0. The summed E-state index contributed by atoms with van der Waals surface area (Å²) in [5.74, 6) is -1.88. The normalized spacial score (nSPS) is 16.4. The monoisotopic (exact) mass is 575 g/mol. The molecule has 2 amide bonds. The summed E-state index contributed by atoms with van der Waals surface area (Å²) in [5.41, 5.74) is -0.402. The fourth-order valence-electron chi connectivity index (χ4n) is 4.31. The molecule has 1 aromatic heterocycles. The first-order chi connectivity index (χ1) is 19.0. The zero-order valence-electron chi connectivity index (χ0n) is 20.3. The van der Waals surface area contributed by atoms with Crippen molar-refractivity contribution in [3.63, 3.8) is 0 Å². The predicted octanol–water partition coefficient (Wildman–Crippen LogP) is 7.14. The number of hydrogen-bond donors (Lipinski definition) is 2. The smallest absolute Gasteiger partial charge is 0.421 e. The van der Waals surface area contributed by atoms with Crippen molar-refractivity contribution in [2.75, 3.05) is 5.32 Å². The summed E-state index contributed by atoms with van der Waals surface area (Å²) in [5, 5.41) is 5.66. The first-order valence-corrected chi connectivity index (χ1v) is 12.1. The maximum atomic E-state index is 14.1. The van der Waals surface area contributed by atoms with Crippen LogP contribution in [0, 0.1) is 5.82 Å². The summed E-state index contributed by atoms with van der Waals surface area (Å²) < 4.78 is 78.0. The molecule has 0 aliphatic carbocycles. The van der Waals surface area contributed by atoms with Gasteiger partial charge in [0.2, 0.25) is 0 Å². The molecule has 1 aliphatic heterocycles. The minimum Gasteiger partial charge on any atom is -0.421 e. The number of rotatable bonds is 6. The van der Waals surface area contributed by atoms with Crippen LogP contribution in [0.1, 0.15) is 16.8 Å². The third kappa shape index (κ3) is 5.37. The highest BCUT2D eigenvalue weighted by atomic mass is 35.5. The van der Waals surface area contributed by atoms with E-state index >= 15 is 0 Å². The van der Waals surface area contributed by atoms with Crippen molar-refractivity contribution in [1.82, 2.24) is 10.3 Å². The summed E-state index contributed by atoms with van der Waals surface area (Å²) in [6, 6.07) is 19.7. The maximum absolute atomic E-state index is 14.1. The van der Waals surface area contributed by atoms with Gasteiger partial charge in [-0.05, 0) is 53.6 Å². The van der Waals surface area contributed by atoms with E-state index in [1.54, 1.807) is 30.3 Å². The van der Waals surface area contributed by atoms with Gasteiger partial charge in [-0.15, -0.1) is 0 Å². The van der Waals surface area contributed by atoms with Gasteiger partial charge in [0.05, 0.1) is 10.7 Å². The molecule has 1 atom stereocenters. The van der Waals surface area contributed by atoms with Gasteiger partial charge in [0.15, 0.2) is 11.5 Å². The molecule has 3 aromatic carbocycles. The van der Waals surface area contributed by atoms with Crippen LogP contribution in [-0.4, -0.2) is 23.2 Å². The van der Waals surface area contributed by atoms with E-state index in [4.69, 9.17) is 11.6 Å².